The number of sulfonamides is 1. The first kappa shape index (κ1) is 15.7. The van der Waals surface area contributed by atoms with Gasteiger partial charge in [-0.1, -0.05) is 13.0 Å². The molecule has 0 bridgehead atoms. The maximum absolute atomic E-state index is 13.0. The third kappa shape index (κ3) is 2.56. The molecule has 0 radical (unpaired) electrons. The van der Waals surface area contributed by atoms with Gasteiger partial charge < -0.3 is 5.73 Å². The Bertz CT molecular complexity index is 614. The minimum atomic E-state index is -3.53. The maximum atomic E-state index is 13.0. The van der Waals surface area contributed by atoms with E-state index in [0.29, 0.717) is 17.5 Å². The molecular weight excluding hydrogens is 292 g/mol. The molecule has 6 heteroatoms. The topological polar surface area (TPSA) is 63.4 Å². The SMILES string of the molecule is Cc1ccc(N)c(S(=O)(=O)N2CCSC(C)C2C)c1C. The van der Waals surface area contributed by atoms with Gasteiger partial charge in [0, 0.05) is 23.6 Å². The Morgan fingerprint density at radius 2 is 1.95 bits per heavy atom. The van der Waals surface area contributed by atoms with Crippen molar-refractivity contribution in [3.05, 3.63) is 23.3 Å². The predicted molar refractivity (Wildman–Crippen MR) is 85.6 cm³/mol. The van der Waals surface area contributed by atoms with Crippen molar-refractivity contribution < 1.29 is 8.42 Å². The van der Waals surface area contributed by atoms with Crippen LogP contribution in [-0.4, -0.2) is 36.3 Å². The average molecular weight is 314 g/mol. The number of thioether (sulfide) groups is 1. The van der Waals surface area contributed by atoms with E-state index < -0.39 is 10.0 Å². The second-order valence-corrected chi connectivity index (χ2v) is 8.67. The van der Waals surface area contributed by atoms with E-state index in [4.69, 9.17) is 5.73 Å². The molecule has 1 aliphatic heterocycles. The van der Waals surface area contributed by atoms with Gasteiger partial charge in [-0.3, -0.25) is 0 Å². The molecule has 1 aromatic rings. The Morgan fingerprint density at radius 1 is 1.30 bits per heavy atom. The van der Waals surface area contributed by atoms with Crippen LogP contribution in [0.4, 0.5) is 5.69 Å². The summed E-state index contributed by atoms with van der Waals surface area (Å²) in [6, 6.07) is 3.53. The van der Waals surface area contributed by atoms with Crippen LogP contribution in [0.2, 0.25) is 0 Å². The van der Waals surface area contributed by atoms with Crippen LogP contribution >= 0.6 is 11.8 Å². The molecule has 0 spiro atoms. The van der Waals surface area contributed by atoms with Gasteiger partial charge >= 0.3 is 0 Å². The molecule has 0 aromatic heterocycles. The van der Waals surface area contributed by atoms with Crippen molar-refractivity contribution in [1.82, 2.24) is 4.31 Å². The number of nitrogens with zero attached hydrogens (tertiary/aromatic N) is 1. The average Bonchev–Trinajstić information content (AvgIpc) is 2.37. The molecule has 1 fully saturated rings. The van der Waals surface area contributed by atoms with Crippen molar-refractivity contribution in [2.45, 2.75) is 43.9 Å². The highest BCUT2D eigenvalue weighted by molar-refractivity contribution is 8.00. The first-order chi connectivity index (χ1) is 9.26. The fourth-order valence-electron chi connectivity index (χ4n) is 2.52. The summed E-state index contributed by atoms with van der Waals surface area (Å²) in [5.41, 5.74) is 7.99. The molecule has 1 aliphatic rings. The maximum Gasteiger partial charge on any atom is 0.245 e. The summed E-state index contributed by atoms with van der Waals surface area (Å²) in [7, 11) is -3.53. The Balaban J connectivity index is 2.53. The van der Waals surface area contributed by atoms with Crippen LogP contribution in [-0.2, 0) is 10.0 Å². The van der Waals surface area contributed by atoms with E-state index in [1.165, 1.54) is 0 Å². The van der Waals surface area contributed by atoms with E-state index >= 15 is 0 Å². The van der Waals surface area contributed by atoms with Crippen molar-refractivity contribution in [2.75, 3.05) is 18.0 Å². The summed E-state index contributed by atoms with van der Waals surface area (Å²) in [6.45, 7) is 8.32. The van der Waals surface area contributed by atoms with Crippen molar-refractivity contribution in [3.8, 4) is 0 Å². The molecule has 0 saturated carbocycles. The zero-order valence-corrected chi connectivity index (χ0v) is 14.0. The molecule has 1 saturated heterocycles. The number of aryl methyl sites for hydroxylation is 1. The van der Waals surface area contributed by atoms with Gasteiger partial charge in [0.05, 0.1) is 5.69 Å². The second kappa shape index (κ2) is 5.58. The zero-order valence-electron chi connectivity index (χ0n) is 12.4. The van der Waals surface area contributed by atoms with Gasteiger partial charge in [-0.25, -0.2) is 8.42 Å². The van der Waals surface area contributed by atoms with Gasteiger partial charge in [-0.2, -0.15) is 16.1 Å². The van der Waals surface area contributed by atoms with Crippen LogP contribution in [0, 0.1) is 13.8 Å². The fourth-order valence-corrected chi connectivity index (χ4v) is 5.91. The number of benzene rings is 1. The van der Waals surface area contributed by atoms with E-state index in [1.807, 2.05) is 38.6 Å². The van der Waals surface area contributed by atoms with E-state index in [9.17, 15) is 8.42 Å². The summed E-state index contributed by atoms with van der Waals surface area (Å²) in [6.07, 6.45) is 0. The van der Waals surface area contributed by atoms with Crippen LogP contribution in [0.25, 0.3) is 0 Å². The van der Waals surface area contributed by atoms with Gasteiger partial charge in [0.2, 0.25) is 10.0 Å². The van der Waals surface area contributed by atoms with Crippen molar-refractivity contribution in [2.24, 2.45) is 0 Å². The minimum Gasteiger partial charge on any atom is -0.398 e. The normalized spacial score (nSPS) is 24.8. The van der Waals surface area contributed by atoms with E-state index in [0.717, 1.165) is 16.9 Å². The van der Waals surface area contributed by atoms with Gasteiger partial charge in [0.1, 0.15) is 4.90 Å². The number of anilines is 1. The second-order valence-electron chi connectivity index (χ2n) is 5.36. The van der Waals surface area contributed by atoms with Crippen LogP contribution in [0.15, 0.2) is 17.0 Å². The van der Waals surface area contributed by atoms with Crippen molar-refractivity contribution >= 4 is 27.5 Å². The molecule has 1 aromatic carbocycles. The number of rotatable bonds is 2. The minimum absolute atomic E-state index is 0.0157. The summed E-state index contributed by atoms with van der Waals surface area (Å²) in [5.74, 6) is 0.829. The number of hydrogen-bond donors (Lipinski definition) is 1. The molecular formula is C14H22N2O2S2. The molecule has 2 N–H and O–H groups in total. The van der Waals surface area contributed by atoms with E-state index in [1.54, 1.807) is 10.4 Å². The Morgan fingerprint density at radius 3 is 2.60 bits per heavy atom. The smallest absolute Gasteiger partial charge is 0.245 e. The summed E-state index contributed by atoms with van der Waals surface area (Å²) >= 11 is 1.82. The first-order valence-electron chi connectivity index (χ1n) is 6.76. The van der Waals surface area contributed by atoms with Crippen molar-refractivity contribution in [3.63, 3.8) is 0 Å². The number of nitrogen functional groups attached to an aromatic ring is 1. The zero-order chi connectivity index (χ0) is 15.1. The van der Waals surface area contributed by atoms with Gasteiger partial charge in [0.25, 0.3) is 0 Å². The number of hydrogen-bond acceptors (Lipinski definition) is 4. The van der Waals surface area contributed by atoms with Crippen LogP contribution in [0.1, 0.15) is 25.0 Å². The standard InChI is InChI=1S/C14H22N2O2S2/c1-9-5-6-13(15)14(10(9)2)20(17,18)16-7-8-19-12(4)11(16)3/h5-6,11-12H,7-8,15H2,1-4H3. The lowest BCUT2D eigenvalue weighted by Crippen LogP contribution is -2.48. The molecule has 0 aliphatic carbocycles. The monoisotopic (exact) mass is 314 g/mol. The largest absolute Gasteiger partial charge is 0.398 e. The Labute approximate surface area is 125 Å². The summed E-state index contributed by atoms with van der Waals surface area (Å²) in [4.78, 5) is 0.281. The summed E-state index contributed by atoms with van der Waals surface area (Å²) in [5, 5.41) is 0.296. The molecule has 2 rings (SSSR count). The molecule has 4 nitrogen and oxygen atoms in total. The van der Waals surface area contributed by atoms with E-state index in [2.05, 4.69) is 6.92 Å². The van der Waals surface area contributed by atoms with Gasteiger partial charge in [-0.05, 0) is 38.0 Å². The third-order valence-electron chi connectivity index (χ3n) is 4.10. The lowest BCUT2D eigenvalue weighted by Gasteiger charge is -2.37. The fraction of sp³-hybridized carbons (Fsp3) is 0.571. The molecule has 1 heterocycles. The Hall–Kier alpha value is -0.720. The summed E-state index contributed by atoms with van der Waals surface area (Å²) < 4.78 is 27.6. The van der Waals surface area contributed by atoms with Crippen LogP contribution in [0.3, 0.4) is 0 Å². The third-order valence-corrected chi connectivity index (χ3v) is 7.63. The molecule has 2 unspecified atom stereocenters. The lowest BCUT2D eigenvalue weighted by atomic mass is 10.1. The van der Waals surface area contributed by atoms with Crippen LogP contribution < -0.4 is 5.73 Å². The molecule has 20 heavy (non-hydrogen) atoms. The van der Waals surface area contributed by atoms with Gasteiger partial charge in [-0.15, -0.1) is 0 Å². The molecule has 112 valence electrons. The van der Waals surface area contributed by atoms with E-state index in [-0.39, 0.29) is 10.9 Å². The number of nitrogens with two attached hydrogens (primary N) is 1. The predicted octanol–water partition coefficient (Wildman–Crippen LogP) is 2.40. The van der Waals surface area contributed by atoms with Crippen molar-refractivity contribution in [1.29, 1.82) is 0 Å². The molecule has 0 amide bonds. The lowest BCUT2D eigenvalue weighted by molar-refractivity contribution is 0.340. The highest BCUT2D eigenvalue weighted by atomic mass is 32.2. The van der Waals surface area contributed by atoms with Gasteiger partial charge in [0.15, 0.2) is 0 Å². The highest BCUT2D eigenvalue weighted by Gasteiger charge is 2.36. The highest BCUT2D eigenvalue weighted by Crippen LogP contribution is 2.33. The molecule has 2 atom stereocenters. The van der Waals surface area contributed by atoms with Crippen LogP contribution in [0.5, 0.6) is 0 Å². The quantitative estimate of drug-likeness (QED) is 0.852. The Kier molecular flexibility index (Phi) is 4.37. The first-order valence-corrected chi connectivity index (χ1v) is 9.25.